The number of halogens is 2. The normalized spacial score (nSPS) is 19.2. The van der Waals surface area contributed by atoms with Gasteiger partial charge in [0.15, 0.2) is 0 Å². The lowest BCUT2D eigenvalue weighted by Crippen LogP contribution is -2.48. The van der Waals surface area contributed by atoms with Crippen LogP contribution < -0.4 is 9.47 Å². The van der Waals surface area contributed by atoms with Crippen LogP contribution in [0, 0.1) is 5.82 Å². The van der Waals surface area contributed by atoms with Crippen LogP contribution in [-0.4, -0.2) is 64.9 Å². The van der Waals surface area contributed by atoms with Gasteiger partial charge in [-0.1, -0.05) is 23.7 Å². The Kier molecular flexibility index (Phi) is 7.82. The molecule has 0 amide bonds. The van der Waals surface area contributed by atoms with Gasteiger partial charge in [0.2, 0.25) is 0 Å². The lowest BCUT2D eigenvalue weighted by molar-refractivity contribution is -0.0646. The molecule has 0 bridgehead atoms. The summed E-state index contributed by atoms with van der Waals surface area (Å²) in [7, 11) is 0. The van der Waals surface area contributed by atoms with Gasteiger partial charge in [-0.05, 0) is 42.0 Å². The Hall–Kier alpha value is -2.65. The number of ether oxygens (including phenoxy) is 3. The maximum atomic E-state index is 13.1. The van der Waals surface area contributed by atoms with E-state index in [2.05, 4.69) is 10.00 Å². The van der Waals surface area contributed by atoms with E-state index in [-0.39, 0.29) is 19.0 Å². The first-order chi connectivity index (χ1) is 16.0. The number of benzene rings is 2. The molecule has 1 atom stereocenters. The molecule has 4 rings (SSSR count). The van der Waals surface area contributed by atoms with Crippen LogP contribution in [0.15, 0.2) is 60.9 Å². The standard InChI is InChI=1S/C24H27ClFN3O4/c25-20-13-27-29(15-20)10-12-32-22-5-1-19(2-6-22)14-28-9-11-31-17-24(30,16-28)18-33-23-7-3-21(26)4-8-23/h1-8,13,15,30H,9-12,14,16-18H2/t24-/m1/s1. The summed E-state index contributed by atoms with van der Waals surface area (Å²) in [6.45, 7) is 3.62. The molecule has 7 nitrogen and oxygen atoms in total. The predicted molar refractivity (Wildman–Crippen MR) is 122 cm³/mol. The smallest absolute Gasteiger partial charge is 0.134 e. The number of nitrogens with zero attached hydrogens (tertiary/aromatic N) is 3. The van der Waals surface area contributed by atoms with Gasteiger partial charge in [0.1, 0.15) is 36.1 Å². The summed E-state index contributed by atoms with van der Waals surface area (Å²) in [5.74, 6) is 0.955. The highest BCUT2D eigenvalue weighted by Gasteiger charge is 2.33. The van der Waals surface area contributed by atoms with Gasteiger partial charge in [-0.15, -0.1) is 0 Å². The average molecular weight is 476 g/mol. The Morgan fingerprint density at radius 3 is 2.55 bits per heavy atom. The minimum Gasteiger partial charge on any atom is -0.492 e. The summed E-state index contributed by atoms with van der Waals surface area (Å²) < 4.78 is 31.9. The minimum atomic E-state index is -1.16. The van der Waals surface area contributed by atoms with Gasteiger partial charge in [-0.3, -0.25) is 9.58 Å². The average Bonchev–Trinajstić information content (AvgIpc) is 3.13. The van der Waals surface area contributed by atoms with Crippen molar-refractivity contribution in [2.24, 2.45) is 0 Å². The van der Waals surface area contributed by atoms with Gasteiger partial charge in [0, 0.05) is 25.8 Å². The first kappa shape index (κ1) is 23.5. The summed E-state index contributed by atoms with van der Waals surface area (Å²) in [6.07, 6.45) is 3.35. The fourth-order valence-corrected chi connectivity index (χ4v) is 3.79. The lowest BCUT2D eigenvalue weighted by atomic mass is 10.1. The molecule has 3 aromatic rings. The molecule has 1 saturated heterocycles. The summed E-state index contributed by atoms with van der Waals surface area (Å²) in [6, 6.07) is 13.6. The molecular formula is C24H27ClFN3O4. The van der Waals surface area contributed by atoms with Crippen molar-refractivity contribution >= 4 is 11.6 Å². The second-order valence-electron chi connectivity index (χ2n) is 8.14. The van der Waals surface area contributed by atoms with E-state index in [0.717, 1.165) is 11.3 Å². The number of aromatic nitrogens is 2. The molecule has 1 N–H and O–H groups in total. The van der Waals surface area contributed by atoms with Crippen LogP contribution in [0.3, 0.4) is 0 Å². The monoisotopic (exact) mass is 475 g/mol. The molecule has 1 aliphatic rings. The van der Waals surface area contributed by atoms with Crippen molar-refractivity contribution < 1.29 is 23.7 Å². The number of β-amino-alcohol motifs (C(OH)–C–C–N with tert-alkyl or cyclic N) is 1. The van der Waals surface area contributed by atoms with E-state index in [1.54, 1.807) is 29.2 Å². The molecule has 1 aromatic heterocycles. The molecule has 0 saturated carbocycles. The van der Waals surface area contributed by atoms with Crippen LogP contribution in [0.2, 0.25) is 5.02 Å². The van der Waals surface area contributed by atoms with Crippen molar-refractivity contribution in [1.29, 1.82) is 0 Å². The SMILES string of the molecule is O[C@@]1(COc2ccc(F)cc2)COCCN(Cc2ccc(OCCn3cc(Cl)cn3)cc2)C1. The van der Waals surface area contributed by atoms with E-state index in [1.165, 1.54) is 12.1 Å². The topological polar surface area (TPSA) is 69.0 Å². The third kappa shape index (κ3) is 7.17. The van der Waals surface area contributed by atoms with Crippen LogP contribution >= 0.6 is 11.6 Å². The third-order valence-corrected chi connectivity index (χ3v) is 5.48. The molecule has 0 radical (unpaired) electrons. The van der Waals surface area contributed by atoms with Gasteiger partial charge in [-0.2, -0.15) is 5.10 Å². The van der Waals surface area contributed by atoms with Crippen molar-refractivity contribution in [3.8, 4) is 11.5 Å². The second-order valence-corrected chi connectivity index (χ2v) is 8.58. The van der Waals surface area contributed by atoms with Crippen LogP contribution in [0.4, 0.5) is 4.39 Å². The molecule has 9 heteroatoms. The van der Waals surface area contributed by atoms with Crippen LogP contribution in [-0.2, 0) is 17.8 Å². The number of hydrogen-bond acceptors (Lipinski definition) is 6. The minimum absolute atomic E-state index is 0.0589. The Morgan fingerprint density at radius 1 is 1.09 bits per heavy atom. The largest absolute Gasteiger partial charge is 0.492 e. The summed E-state index contributed by atoms with van der Waals surface area (Å²) in [5, 5.41) is 15.8. The molecule has 2 heterocycles. The van der Waals surface area contributed by atoms with Crippen molar-refractivity contribution in [3.63, 3.8) is 0 Å². The first-order valence-electron chi connectivity index (χ1n) is 10.8. The Labute approximate surface area is 197 Å². The van der Waals surface area contributed by atoms with E-state index < -0.39 is 5.60 Å². The number of rotatable bonds is 9. The molecule has 1 fully saturated rings. The van der Waals surface area contributed by atoms with Crippen LogP contribution in [0.25, 0.3) is 0 Å². The fraction of sp³-hybridized carbons (Fsp3) is 0.375. The maximum Gasteiger partial charge on any atom is 0.134 e. The highest BCUT2D eigenvalue weighted by molar-refractivity contribution is 6.30. The number of hydrogen-bond donors (Lipinski definition) is 1. The van der Waals surface area contributed by atoms with Crippen LogP contribution in [0.1, 0.15) is 5.56 Å². The zero-order chi connectivity index (χ0) is 23.1. The van der Waals surface area contributed by atoms with E-state index in [9.17, 15) is 9.50 Å². The first-order valence-corrected chi connectivity index (χ1v) is 11.2. The highest BCUT2D eigenvalue weighted by Crippen LogP contribution is 2.20. The van der Waals surface area contributed by atoms with Crippen molar-refractivity contribution in [1.82, 2.24) is 14.7 Å². The van der Waals surface area contributed by atoms with Crippen molar-refractivity contribution in [2.45, 2.75) is 18.7 Å². The summed E-state index contributed by atoms with van der Waals surface area (Å²) in [5.41, 5.74) is -0.0616. The van der Waals surface area contributed by atoms with Gasteiger partial charge in [0.25, 0.3) is 0 Å². The molecule has 0 unspecified atom stereocenters. The third-order valence-electron chi connectivity index (χ3n) is 5.28. The highest BCUT2D eigenvalue weighted by atomic mass is 35.5. The molecular weight excluding hydrogens is 449 g/mol. The molecule has 1 aliphatic heterocycles. The van der Waals surface area contributed by atoms with Gasteiger partial charge in [0.05, 0.1) is 31.0 Å². The molecule has 33 heavy (non-hydrogen) atoms. The fourth-order valence-electron chi connectivity index (χ4n) is 3.63. The predicted octanol–water partition coefficient (Wildman–Crippen LogP) is 3.40. The summed E-state index contributed by atoms with van der Waals surface area (Å²) in [4.78, 5) is 2.14. The second kappa shape index (κ2) is 11.0. The summed E-state index contributed by atoms with van der Waals surface area (Å²) >= 11 is 5.86. The quantitative estimate of drug-likeness (QED) is 0.511. The van der Waals surface area contributed by atoms with E-state index in [0.29, 0.717) is 50.2 Å². The van der Waals surface area contributed by atoms with E-state index in [4.69, 9.17) is 25.8 Å². The van der Waals surface area contributed by atoms with Crippen molar-refractivity contribution in [3.05, 3.63) is 77.3 Å². The van der Waals surface area contributed by atoms with E-state index in [1.807, 2.05) is 24.3 Å². The van der Waals surface area contributed by atoms with Crippen LogP contribution in [0.5, 0.6) is 11.5 Å². The zero-order valence-electron chi connectivity index (χ0n) is 18.2. The van der Waals surface area contributed by atoms with Gasteiger partial charge < -0.3 is 19.3 Å². The van der Waals surface area contributed by atoms with Gasteiger partial charge in [-0.25, -0.2) is 4.39 Å². The molecule has 0 spiro atoms. The zero-order valence-corrected chi connectivity index (χ0v) is 19.0. The Morgan fingerprint density at radius 2 is 1.82 bits per heavy atom. The Bertz CT molecular complexity index is 1020. The Balaban J connectivity index is 1.27. The van der Waals surface area contributed by atoms with E-state index >= 15 is 0 Å². The molecule has 2 aromatic carbocycles. The number of aliphatic hydroxyl groups is 1. The lowest BCUT2D eigenvalue weighted by Gasteiger charge is -2.30. The maximum absolute atomic E-state index is 13.1. The molecule has 0 aliphatic carbocycles. The molecule has 176 valence electrons. The van der Waals surface area contributed by atoms with Gasteiger partial charge >= 0.3 is 0 Å². The van der Waals surface area contributed by atoms with Crippen molar-refractivity contribution in [2.75, 3.05) is 39.5 Å².